The first kappa shape index (κ1) is 13.9. The number of nitrogens with one attached hydrogen (secondary N) is 1. The van der Waals surface area contributed by atoms with Crippen LogP contribution in [0, 0.1) is 5.41 Å². The van der Waals surface area contributed by atoms with E-state index in [4.69, 9.17) is 10.6 Å². The Morgan fingerprint density at radius 1 is 1.47 bits per heavy atom. The summed E-state index contributed by atoms with van der Waals surface area (Å²) in [5, 5.41) is 0. The molecular weight excluding hydrogens is 236 g/mol. The minimum Gasteiger partial charge on any atom is -0.496 e. The Bertz CT molecular complexity index is 394. The number of thioether (sulfide) groups is 1. The van der Waals surface area contributed by atoms with Crippen molar-refractivity contribution in [2.45, 2.75) is 18.7 Å². The second kappa shape index (κ2) is 5.93. The van der Waals surface area contributed by atoms with E-state index in [0.717, 1.165) is 10.6 Å². The Morgan fingerprint density at radius 2 is 2.12 bits per heavy atom. The molecular formula is C12H18N2O2S. The van der Waals surface area contributed by atoms with Crippen molar-refractivity contribution in [3.63, 3.8) is 0 Å². The summed E-state index contributed by atoms with van der Waals surface area (Å²) < 4.78 is 5.25. The van der Waals surface area contributed by atoms with Crippen LogP contribution in [0.2, 0.25) is 0 Å². The predicted molar refractivity (Wildman–Crippen MR) is 69.8 cm³/mol. The van der Waals surface area contributed by atoms with E-state index in [1.54, 1.807) is 18.9 Å². The first-order valence-corrected chi connectivity index (χ1v) is 6.26. The normalized spacial score (nSPS) is 11.1. The molecule has 1 amide bonds. The van der Waals surface area contributed by atoms with Crippen LogP contribution in [0.25, 0.3) is 0 Å². The van der Waals surface area contributed by atoms with Gasteiger partial charge in [-0.05, 0) is 12.1 Å². The van der Waals surface area contributed by atoms with Crippen LogP contribution in [0.3, 0.4) is 0 Å². The Labute approximate surface area is 106 Å². The summed E-state index contributed by atoms with van der Waals surface area (Å²) >= 11 is 1.58. The minimum atomic E-state index is -0.514. The van der Waals surface area contributed by atoms with Gasteiger partial charge in [-0.15, -0.1) is 11.8 Å². The van der Waals surface area contributed by atoms with E-state index in [0.29, 0.717) is 5.75 Å². The van der Waals surface area contributed by atoms with Crippen molar-refractivity contribution in [3.05, 3.63) is 24.3 Å². The summed E-state index contributed by atoms with van der Waals surface area (Å²) in [6, 6.07) is 7.74. The molecule has 1 rings (SSSR count). The van der Waals surface area contributed by atoms with E-state index >= 15 is 0 Å². The van der Waals surface area contributed by atoms with Gasteiger partial charge in [0.1, 0.15) is 5.75 Å². The van der Waals surface area contributed by atoms with E-state index in [2.05, 4.69) is 5.43 Å². The van der Waals surface area contributed by atoms with E-state index < -0.39 is 5.41 Å². The van der Waals surface area contributed by atoms with Gasteiger partial charge in [-0.25, -0.2) is 5.84 Å². The van der Waals surface area contributed by atoms with Crippen LogP contribution >= 0.6 is 11.8 Å². The molecule has 5 heteroatoms. The zero-order valence-corrected chi connectivity index (χ0v) is 11.1. The van der Waals surface area contributed by atoms with Gasteiger partial charge in [-0.1, -0.05) is 26.0 Å². The molecule has 0 saturated carbocycles. The molecule has 94 valence electrons. The smallest absolute Gasteiger partial charge is 0.240 e. The third-order valence-electron chi connectivity index (χ3n) is 2.40. The number of hydrazine groups is 1. The maximum atomic E-state index is 11.5. The number of carbonyl (C=O) groups is 1. The van der Waals surface area contributed by atoms with Crippen LogP contribution in [-0.4, -0.2) is 18.8 Å². The summed E-state index contributed by atoms with van der Waals surface area (Å²) in [4.78, 5) is 12.5. The molecule has 4 nitrogen and oxygen atoms in total. The first-order valence-electron chi connectivity index (χ1n) is 5.28. The Morgan fingerprint density at radius 3 is 2.71 bits per heavy atom. The molecule has 0 unspecified atom stereocenters. The standard InChI is InChI=1S/C12H18N2O2S/c1-12(2,11(15)14-13)8-17-10-7-5-4-6-9(10)16-3/h4-7H,8,13H2,1-3H3,(H,14,15). The van der Waals surface area contributed by atoms with Crippen molar-refractivity contribution in [2.75, 3.05) is 12.9 Å². The fourth-order valence-corrected chi connectivity index (χ4v) is 2.37. The number of benzene rings is 1. The van der Waals surface area contributed by atoms with Crippen LogP contribution in [0.1, 0.15) is 13.8 Å². The monoisotopic (exact) mass is 254 g/mol. The third kappa shape index (κ3) is 3.64. The van der Waals surface area contributed by atoms with Crippen molar-refractivity contribution < 1.29 is 9.53 Å². The Kier molecular flexibility index (Phi) is 4.84. The molecule has 0 aliphatic carbocycles. The molecule has 0 saturated heterocycles. The number of methoxy groups -OCH3 is 1. The van der Waals surface area contributed by atoms with Gasteiger partial charge in [-0.2, -0.15) is 0 Å². The topological polar surface area (TPSA) is 64.3 Å². The number of carbonyl (C=O) groups excluding carboxylic acids is 1. The molecule has 1 aromatic carbocycles. The quantitative estimate of drug-likeness (QED) is 0.364. The first-order chi connectivity index (χ1) is 8.01. The highest BCUT2D eigenvalue weighted by Gasteiger charge is 2.27. The molecule has 0 heterocycles. The molecule has 17 heavy (non-hydrogen) atoms. The Balaban J connectivity index is 2.70. The van der Waals surface area contributed by atoms with E-state index in [1.165, 1.54) is 0 Å². The SMILES string of the molecule is COc1ccccc1SCC(C)(C)C(=O)NN. The second-order valence-electron chi connectivity index (χ2n) is 4.30. The number of para-hydroxylation sites is 1. The number of amides is 1. The van der Waals surface area contributed by atoms with Gasteiger partial charge in [0.2, 0.25) is 5.91 Å². The molecule has 0 radical (unpaired) electrons. The lowest BCUT2D eigenvalue weighted by molar-refractivity contribution is -0.128. The fourth-order valence-electron chi connectivity index (χ4n) is 1.26. The molecule has 0 aliphatic rings. The molecule has 0 atom stereocenters. The summed E-state index contributed by atoms with van der Waals surface area (Å²) in [5.74, 6) is 6.44. The van der Waals surface area contributed by atoms with E-state index in [9.17, 15) is 4.79 Å². The summed E-state index contributed by atoms with van der Waals surface area (Å²) in [5.41, 5.74) is 1.67. The van der Waals surface area contributed by atoms with Crippen molar-refractivity contribution in [3.8, 4) is 5.75 Å². The van der Waals surface area contributed by atoms with Crippen molar-refractivity contribution in [1.82, 2.24) is 5.43 Å². The highest BCUT2D eigenvalue weighted by Crippen LogP contribution is 2.33. The number of rotatable bonds is 5. The van der Waals surface area contributed by atoms with Gasteiger partial charge in [0.25, 0.3) is 0 Å². The van der Waals surface area contributed by atoms with Gasteiger partial charge in [-0.3, -0.25) is 10.2 Å². The second-order valence-corrected chi connectivity index (χ2v) is 5.31. The predicted octanol–water partition coefficient (Wildman–Crippen LogP) is 1.80. The van der Waals surface area contributed by atoms with Gasteiger partial charge < -0.3 is 4.74 Å². The number of hydrogen-bond donors (Lipinski definition) is 2. The lowest BCUT2D eigenvalue weighted by atomic mass is 9.96. The largest absolute Gasteiger partial charge is 0.496 e. The molecule has 3 N–H and O–H groups in total. The highest BCUT2D eigenvalue weighted by atomic mass is 32.2. The van der Waals surface area contributed by atoms with Crippen LogP contribution in [-0.2, 0) is 4.79 Å². The summed E-state index contributed by atoms with van der Waals surface area (Å²) in [6.07, 6.45) is 0. The third-order valence-corrected chi connectivity index (χ3v) is 3.92. The Hall–Kier alpha value is -1.20. The van der Waals surface area contributed by atoms with Gasteiger partial charge in [0.15, 0.2) is 0 Å². The summed E-state index contributed by atoms with van der Waals surface area (Å²) in [7, 11) is 1.64. The van der Waals surface area contributed by atoms with Gasteiger partial charge >= 0.3 is 0 Å². The van der Waals surface area contributed by atoms with Crippen LogP contribution in [0.15, 0.2) is 29.2 Å². The van der Waals surface area contributed by atoms with E-state index in [1.807, 2.05) is 38.1 Å². The number of hydrogen-bond acceptors (Lipinski definition) is 4. The number of nitrogens with two attached hydrogens (primary N) is 1. The van der Waals surface area contributed by atoms with Crippen molar-refractivity contribution in [1.29, 1.82) is 0 Å². The maximum Gasteiger partial charge on any atom is 0.240 e. The molecule has 0 fully saturated rings. The zero-order valence-electron chi connectivity index (χ0n) is 10.3. The van der Waals surface area contributed by atoms with Crippen molar-refractivity contribution in [2.24, 2.45) is 11.3 Å². The highest BCUT2D eigenvalue weighted by molar-refractivity contribution is 7.99. The maximum absolute atomic E-state index is 11.5. The average Bonchev–Trinajstić information content (AvgIpc) is 2.35. The zero-order chi connectivity index (χ0) is 12.9. The van der Waals surface area contributed by atoms with Crippen LogP contribution in [0.5, 0.6) is 5.75 Å². The lowest BCUT2D eigenvalue weighted by Crippen LogP contribution is -2.42. The fraction of sp³-hybridized carbons (Fsp3) is 0.417. The van der Waals surface area contributed by atoms with Crippen LogP contribution in [0.4, 0.5) is 0 Å². The molecule has 0 aromatic heterocycles. The molecule has 0 spiro atoms. The van der Waals surface area contributed by atoms with Crippen LogP contribution < -0.4 is 16.0 Å². The van der Waals surface area contributed by atoms with Gasteiger partial charge in [0.05, 0.1) is 12.5 Å². The van der Waals surface area contributed by atoms with E-state index in [-0.39, 0.29) is 5.91 Å². The average molecular weight is 254 g/mol. The van der Waals surface area contributed by atoms with Crippen molar-refractivity contribution >= 4 is 17.7 Å². The van der Waals surface area contributed by atoms with Gasteiger partial charge in [0, 0.05) is 10.6 Å². The molecule has 0 aliphatic heterocycles. The molecule has 1 aromatic rings. The lowest BCUT2D eigenvalue weighted by Gasteiger charge is -2.22. The minimum absolute atomic E-state index is 0.167. The summed E-state index contributed by atoms with van der Waals surface area (Å²) in [6.45, 7) is 3.72. The number of ether oxygens (including phenoxy) is 1. The molecule has 0 bridgehead atoms.